The third kappa shape index (κ3) is 3.29. The molecule has 4 heterocycles. The Hall–Kier alpha value is -4.10. The Morgan fingerprint density at radius 3 is 3.03 bits per heavy atom. The number of thiazole rings is 1. The van der Waals surface area contributed by atoms with Crippen LogP contribution >= 0.6 is 11.3 Å². The van der Waals surface area contributed by atoms with Crippen molar-refractivity contribution in [1.29, 1.82) is 5.26 Å². The minimum absolute atomic E-state index is 0.179. The number of nitrogens with zero attached hydrogens (tertiary/aromatic N) is 5. The number of carbonyl (C=O) groups excluding carboxylic acids is 1. The van der Waals surface area contributed by atoms with E-state index in [1.807, 2.05) is 6.07 Å². The SMILES string of the molecule is N#Cc1ccnc(/C(=C\N)C(=O)N2CCc3[nH]cnc3[C@H]2c2nc3ccc(F)cc3s2)c1. The summed E-state index contributed by atoms with van der Waals surface area (Å²) < 4.78 is 14.4. The maximum absolute atomic E-state index is 13.7. The van der Waals surface area contributed by atoms with Crippen molar-refractivity contribution in [1.82, 2.24) is 24.8 Å². The predicted octanol–water partition coefficient (Wildman–Crippen LogP) is 2.90. The summed E-state index contributed by atoms with van der Waals surface area (Å²) in [5.41, 5.74) is 8.97. The second-order valence-electron chi connectivity index (χ2n) is 7.20. The van der Waals surface area contributed by atoms with Crippen LogP contribution in [0.1, 0.15) is 33.7 Å². The number of pyridine rings is 1. The van der Waals surface area contributed by atoms with E-state index in [1.54, 1.807) is 23.4 Å². The summed E-state index contributed by atoms with van der Waals surface area (Å²) in [6.45, 7) is 0.401. The number of hydrogen-bond acceptors (Lipinski definition) is 7. The van der Waals surface area contributed by atoms with Crippen molar-refractivity contribution in [2.75, 3.05) is 6.54 Å². The topological polar surface area (TPSA) is 125 Å². The normalized spacial score (nSPS) is 16.1. The molecule has 0 spiro atoms. The van der Waals surface area contributed by atoms with Gasteiger partial charge in [-0.3, -0.25) is 9.78 Å². The molecule has 1 aromatic carbocycles. The number of hydrogen-bond donors (Lipinski definition) is 2. The fourth-order valence-corrected chi connectivity index (χ4v) is 4.96. The number of nitrogens with two attached hydrogens (primary N) is 1. The lowest BCUT2D eigenvalue weighted by molar-refractivity contribution is -0.127. The van der Waals surface area contributed by atoms with Crippen molar-refractivity contribution in [2.45, 2.75) is 12.5 Å². The number of benzene rings is 1. The van der Waals surface area contributed by atoms with Crippen LogP contribution in [0, 0.1) is 17.1 Å². The predicted molar refractivity (Wildman–Crippen MR) is 117 cm³/mol. The van der Waals surface area contributed by atoms with Crippen LogP contribution in [0.2, 0.25) is 0 Å². The molecule has 0 radical (unpaired) electrons. The van der Waals surface area contributed by atoms with Gasteiger partial charge in [0.1, 0.15) is 16.9 Å². The van der Waals surface area contributed by atoms with E-state index in [1.165, 1.54) is 41.9 Å². The minimum atomic E-state index is -0.563. The van der Waals surface area contributed by atoms with E-state index in [0.29, 0.717) is 45.1 Å². The van der Waals surface area contributed by atoms with E-state index < -0.39 is 6.04 Å². The molecule has 5 rings (SSSR count). The van der Waals surface area contributed by atoms with Gasteiger partial charge in [0.25, 0.3) is 5.91 Å². The van der Waals surface area contributed by atoms with Gasteiger partial charge in [-0.25, -0.2) is 14.4 Å². The molecular weight excluding hydrogens is 429 g/mol. The van der Waals surface area contributed by atoms with E-state index in [-0.39, 0.29) is 17.3 Å². The smallest absolute Gasteiger partial charge is 0.258 e. The Morgan fingerprint density at radius 2 is 2.22 bits per heavy atom. The lowest BCUT2D eigenvalue weighted by Crippen LogP contribution is -2.41. The maximum atomic E-state index is 13.7. The number of nitriles is 1. The van der Waals surface area contributed by atoms with Gasteiger partial charge in [-0.05, 0) is 30.3 Å². The average molecular weight is 445 g/mol. The van der Waals surface area contributed by atoms with Crippen LogP contribution < -0.4 is 5.73 Å². The zero-order chi connectivity index (χ0) is 22.2. The minimum Gasteiger partial charge on any atom is -0.404 e. The van der Waals surface area contributed by atoms with Gasteiger partial charge in [-0.15, -0.1) is 11.3 Å². The number of fused-ring (bicyclic) bond motifs is 2. The Kier molecular flexibility index (Phi) is 4.88. The molecule has 1 aliphatic rings. The summed E-state index contributed by atoms with van der Waals surface area (Å²) in [6.07, 6.45) is 4.85. The van der Waals surface area contributed by atoms with Gasteiger partial charge in [-0.2, -0.15) is 5.26 Å². The summed E-state index contributed by atoms with van der Waals surface area (Å²) in [5, 5.41) is 9.83. The molecule has 1 aliphatic heterocycles. The first-order valence-electron chi connectivity index (χ1n) is 9.76. The standard InChI is InChI=1S/C22H16FN7OS/c23-13-1-2-15-18(8-13)32-21(29-15)20-19-16(27-11-28-19)4-6-30(20)22(31)14(10-25)17-7-12(9-24)3-5-26-17/h1-3,5,7-8,10-11,20H,4,6,25H2,(H,27,28)/b14-10+/t20-/m0/s1. The summed E-state index contributed by atoms with van der Waals surface area (Å²) in [5.74, 6) is -0.694. The van der Waals surface area contributed by atoms with E-state index in [4.69, 9.17) is 5.73 Å². The molecule has 3 N–H and O–H groups in total. The highest BCUT2D eigenvalue weighted by atomic mass is 32.1. The quantitative estimate of drug-likeness (QED) is 0.467. The number of aromatic nitrogens is 4. The maximum Gasteiger partial charge on any atom is 0.258 e. The van der Waals surface area contributed by atoms with E-state index in [2.05, 4.69) is 19.9 Å². The van der Waals surface area contributed by atoms with Gasteiger partial charge < -0.3 is 15.6 Å². The molecule has 8 nitrogen and oxygen atoms in total. The van der Waals surface area contributed by atoms with Crippen LogP contribution in [0.5, 0.6) is 0 Å². The summed E-state index contributed by atoms with van der Waals surface area (Å²) >= 11 is 1.32. The Morgan fingerprint density at radius 1 is 1.34 bits per heavy atom. The summed E-state index contributed by atoms with van der Waals surface area (Å²) in [7, 11) is 0. The summed E-state index contributed by atoms with van der Waals surface area (Å²) in [6, 6.07) is 8.97. The number of imidazole rings is 1. The molecule has 0 bridgehead atoms. The van der Waals surface area contributed by atoms with Crippen molar-refractivity contribution in [3.63, 3.8) is 0 Å². The number of nitrogens with one attached hydrogen (secondary N) is 1. The van der Waals surface area contributed by atoms with Crippen LogP contribution in [0.4, 0.5) is 4.39 Å². The molecule has 158 valence electrons. The van der Waals surface area contributed by atoms with Crippen molar-refractivity contribution >= 4 is 33.0 Å². The molecule has 1 amide bonds. The zero-order valence-corrected chi connectivity index (χ0v) is 17.4. The van der Waals surface area contributed by atoms with Crippen molar-refractivity contribution < 1.29 is 9.18 Å². The van der Waals surface area contributed by atoms with Crippen molar-refractivity contribution in [2.24, 2.45) is 5.73 Å². The highest BCUT2D eigenvalue weighted by Crippen LogP contribution is 2.38. The fraction of sp³-hybridized carbons (Fsp3) is 0.136. The van der Waals surface area contributed by atoms with Gasteiger partial charge in [-0.1, -0.05) is 0 Å². The van der Waals surface area contributed by atoms with Gasteiger partial charge in [0.05, 0.1) is 45.1 Å². The third-order valence-electron chi connectivity index (χ3n) is 5.35. The molecule has 0 saturated carbocycles. The molecule has 32 heavy (non-hydrogen) atoms. The highest BCUT2D eigenvalue weighted by molar-refractivity contribution is 7.18. The first-order chi connectivity index (χ1) is 15.6. The van der Waals surface area contributed by atoms with E-state index >= 15 is 0 Å². The molecule has 1 atom stereocenters. The van der Waals surface area contributed by atoms with Crippen molar-refractivity contribution in [3.8, 4) is 6.07 Å². The number of halogens is 1. The molecule has 10 heteroatoms. The molecule has 0 aliphatic carbocycles. The molecular formula is C22H16FN7OS. The third-order valence-corrected chi connectivity index (χ3v) is 6.42. The second kappa shape index (κ2) is 7.86. The molecule has 0 unspecified atom stereocenters. The number of carbonyl (C=O) groups is 1. The average Bonchev–Trinajstić information content (AvgIpc) is 3.45. The Balaban J connectivity index is 1.59. The second-order valence-corrected chi connectivity index (χ2v) is 8.27. The number of aromatic amines is 1. The van der Waals surface area contributed by atoms with Gasteiger partial charge in [0, 0.05) is 31.1 Å². The Labute approximate surface area is 185 Å². The Bertz CT molecular complexity index is 1420. The monoisotopic (exact) mass is 445 g/mol. The number of H-pyrrole nitrogens is 1. The van der Waals surface area contributed by atoms with Crippen LogP contribution in [0.15, 0.2) is 49.1 Å². The first-order valence-corrected chi connectivity index (χ1v) is 10.6. The van der Waals surface area contributed by atoms with Crippen LogP contribution in [-0.2, 0) is 11.2 Å². The van der Waals surface area contributed by atoms with E-state index in [9.17, 15) is 14.4 Å². The number of amides is 1. The molecule has 0 fully saturated rings. The largest absolute Gasteiger partial charge is 0.404 e. The zero-order valence-electron chi connectivity index (χ0n) is 16.6. The first kappa shape index (κ1) is 19.8. The molecule has 0 saturated heterocycles. The lowest BCUT2D eigenvalue weighted by Gasteiger charge is -2.34. The van der Waals surface area contributed by atoms with Gasteiger partial charge in [0.2, 0.25) is 0 Å². The van der Waals surface area contributed by atoms with E-state index in [0.717, 1.165) is 5.69 Å². The van der Waals surface area contributed by atoms with Gasteiger partial charge in [0.15, 0.2) is 0 Å². The lowest BCUT2D eigenvalue weighted by atomic mass is 10.0. The number of rotatable bonds is 3. The van der Waals surface area contributed by atoms with Crippen LogP contribution in [0.25, 0.3) is 15.8 Å². The molecule has 4 aromatic rings. The van der Waals surface area contributed by atoms with Crippen LogP contribution in [-0.4, -0.2) is 37.3 Å². The fourth-order valence-electron chi connectivity index (χ4n) is 3.85. The summed E-state index contributed by atoms with van der Waals surface area (Å²) in [4.78, 5) is 31.8. The van der Waals surface area contributed by atoms with Crippen LogP contribution in [0.3, 0.4) is 0 Å². The van der Waals surface area contributed by atoms with Gasteiger partial charge >= 0.3 is 0 Å². The highest BCUT2D eigenvalue weighted by Gasteiger charge is 2.37. The molecule has 3 aromatic heterocycles. The van der Waals surface area contributed by atoms with Crippen molar-refractivity contribution in [3.05, 3.63) is 82.5 Å².